The van der Waals surface area contributed by atoms with Crippen molar-refractivity contribution in [3.63, 3.8) is 0 Å². The van der Waals surface area contributed by atoms with Gasteiger partial charge in [0.05, 0.1) is 21.8 Å². The summed E-state index contributed by atoms with van der Waals surface area (Å²) in [4.78, 5) is 25.3. The van der Waals surface area contributed by atoms with Crippen LogP contribution in [0.1, 0.15) is 83.9 Å². The standard InChI is InChI=1S/C68H72N4O2S2/c1-3-63(70-74-2)66-62(54-40-39-52-25-22-23-26-53(52)49-54)50-61-41-42-64(66)72(61)45-24-44-71(46-48-76-68(58-33-16-7-17-34-58,59-35-18-8-19-36-59)60-37-20-9-21-38-60)51-65(73)69-43-47-75-67(55-27-10-4-11-28-55,56-29-12-5-13-30-56)57-31-14-6-15-32-57/h4-23,25-40,49,61-62,64,66H,3,24,41-48,50-51H2,1-2H3,(H,69,73). The summed E-state index contributed by atoms with van der Waals surface area (Å²) in [6, 6.07) is 82.0. The van der Waals surface area contributed by atoms with Crippen LogP contribution in [0, 0.1) is 5.92 Å². The van der Waals surface area contributed by atoms with E-state index in [9.17, 15) is 4.79 Å². The Kier molecular flexibility index (Phi) is 17.9. The molecule has 4 atom stereocenters. The van der Waals surface area contributed by atoms with E-state index in [0.717, 1.165) is 62.5 Å². The van der Waals surface area contributed by atoms with Crippen molar-refractivity contribution in [3.05, 3.63) is 263 Å². The Morgan fingerprint density at radius 3 is 1.57 bits per heavy atom. The topological polar surface area (TPSA) is 57.2 Å². The first kappa shape index (κ1) is 53.0. The monoisotopic (exact) mass is 1040 g/mol. The van der Waals surface area contributed by atoms with E-state index < -0.39 is 9.49 Å². The summed E-state index contributed by atoms with van der Waals surface area (Å²) in [6.45, 7) is 5.68. The largest absolute Gasteiger partial charge is 0.399 e. The molecule has 0 saturated carbocycles. The maximum Gasteiger partial charge on any atom is 0.234 e. The van der Waals surface area contributed by atoms with Crippen LogP contribution in [0.5, 0.6) is 0 Å². The molecule has 10 rings (SSSR count). The van der Waals surface area contributed by atoms with Crippen LogP contribution in [-0.4, -0.2) is 84.8 Å². The molecule has 4 unspecified atom stereocenters. The number of hydrogen-bond acceptors (Lipinski definition) is 7. The highest BCUT2D eigenvalue weighted by atomic mass is 32.2. The number of benzene rings is 8. The molecule has 2 fully saturated rings. The molecule has 8 heteroatoms. The number of amides is 1. The zero-order valence-corrected chi connectivity index (χ0v) is 45.8. The van der Waals surface area contributed by atoms with Crippen molar-refractivity contribution >= 4 is 45.9 Å². The van der Waals surface area contributed by atoms with E-state index in [1.807, 2.05) is 23.5 Å². The SMILES string of the molecule is CCC(=NOC)C1C(c2ccc3ccccc3c2)CC2CCC1N2CCCN(CCSC(c1ccccc1)(c1ccccc1)c1ccccc1)CC(=O)NCCSC(c1ccccc1)(c1ccccc1)c1ccccc1. The van der Waals surface area contributed by atoms with E-state index in [4.69, 9.17) is 9.99 Å². The van der Waals surface area contributed by atoms with Crippen LogP contribution in [0.25, 0.3) is 10.8 Å². The molecule has 2 heterocycles. The average molecular weight is 1040 g/mol. The number of carbonyl (C=O) groups is 1. The van der Waals surface area contributed by atoms with Gasteiger partial charge in [0.2, 0.25) is 5.91 Å². The Morgan fingerprint density at radius 1 is 0.605 bits per heavy atom. The Labute approximate surface area is 460 Å². The highest BCUT2D eigenvalue weighted by Crippen LogP contribution is 2.51. The lowest BCUT2D eigenvalue weighted by atomic mass is 9.72. The zero-order chi connectivity index (χ0) is 52.0. The molecule has 8 aromatic carbocycles. The van der Waals surface area contributed by atoms with Gasteiger partial charge in [-0.1, -0.05) is 237 Å². The smallest absolute Gasteiger partial charge is 0.234 e. The predicted molar refractivity (Wildman–Crippen MR) is 320 cm³/mol. The van der Waals surface area contributed by atoms with E-state index in [1.165, 1.54) is 56.1 Å². The minimum absolute atomic E-state index is 0.0653. The first-order valence-electron chi connectivity index (χ1n) is 27.5. The first-order chi connectivity index (χ1) is 37.5. The molecular formula is C68H72N4O2S2. The second kappa shape index (κ2) is 25.6. The maximum absolute atomic E-state index is 14.5. The van der Waals surface area contributed by atoms with Gasteiger partial charge >= 0.3 is 0 Å². The van der Waals surface area contributed by atoms with Gasteiger partial charge in [-0.2, -0.15) is 0 Å². The Bertz CT molecular complexity index is 2900. The molecule has 2 aliphatic rings. The van der Waals surface area contributed by atoms with Gasteiger partial charge in [0.25, 0.3) is 0 Å². The fraction of sp³-hybridized carbons (Fsp3) is 0.294. The fourth-order valence-corrected chi connectivity index (χ4v) is 15.6. The van der Waals surface area contributed by atoms with Crippen LogP contribution in [0.3, 0.4) is 0 Å². The molecule has 0 radical (unpaired) electrons. The van der Waals surface area contributed by atoms with Gasteiger partial charge in [-0.3, -0.25) is 14.6 Å². The van der Waals surface area contributed by atoms with Gasteiger partial charge in [0, 0.05) is 42.6 Å². The van der Waals surface area contributed by atoms with Crippen molar-refractivity contribution in [2.45, 2.75) is 66.5 Å². The molecule has 1 amide bonds. The van der Waals surface area contributed by atoms with Gasteiger partial charge < -0.3 is 10.2 Å². The Balaban J connectivity index is 0.885. The van der Waals surface area contributed by atoms with Crippen molar-refractivity contribution < 1.29 is 9.63 Å². The minimum Gasteiger partial charge on any atom is -0.399 e. The number of nitrogens with zero attached hydrogens (tertiary/aromatic N) is 3. The van der Waals surface area contributed by atoms with Gasteiger partial charge in [0.15, 0.2) is 0 Å². The van der Waals surface area contributed by atoms with Crippen molar-refractivity contribution in [2.24, 2.45) is 11.1 Å². The molecule has 8 aromatic rings. The van der Waals surface area contributed by atoms with Crippen molar-refractivity contribution in [1.29, 1.82) is 0 Å². The van der Waals surface area contributed by atoms with E-state index in [0.29, 0.717) is 31.1 Å². The molecule has 2 saturated heterocycles. The second-order valence-electron chi connectivity index (χ2n) is 20.4. The third kappa shape index (κ3) is 11.6. The van der Waals surface area contributed by atoms with Gasteiger partial charge in [-0.05, 0) is 101 Å². The third-order valence-corrected chi connectivity index (χ3v) is 19.1. The Morgan fingerprint density at radius 2 is 1.08 bits per heavy atom. The summed E-state index contributed by atoms with van der Waals surface area (Å²) in [5.41, 5.74) is 9.98. The lowest BCUT2D eigenvalue weighted by Crippen LogP contribution is -2.51. The summed E-state index contributed by atoms with van der Waals surface area (Å²) < 4.78 is -0.891. The van der Waals surface area contributed by atoms with Crippen LogP contribution in [0.15, 0.2) is 230 Å². The number of piperidine rings is 1. The van der Waals surface area contributed by atoms with Gasteiger partial charge in [-0.15, -0.1) is 23.5 Å². The van der Waals surface area contributed by atoms with Crippen molar-refractivity contribution in [3.8, 4) is 0 Å². The normalized spacial score (nSPS) is 18.0. The van der Waals surface area contributed by atoms with Crippen LogP contribution in [0.4, 0.5) is 0 Å². The van der Waals surface area contributed by atoms with Crippen LogP contribution < -0.4 is 5.32 Å². The van der Waals surface area contributed by atoms with Crippen LogP contribution in [-0.2, 0) is 19.1 Å². The third-order valence-electron chi connectivity index (χ3n) is 16.0. The number of thioether (sulfide) groups is 2. The summed E-state index contributed by atoms with van der Waals surface area (Å²) in [7, 11) is 1.69. The molecule has 1 N–H and O–H groups in total. The number of carbonyl (C=O) groups excluding carboxylic acids is 1. The van der Waals surface area contributed by atoms with Gasteiger partial charge in [-0.25, -0.2) is 0 Å². The number of rotatable bonds is 24. The first-order valence-corrected chi connectivity index (χ1v) is 29.4. The fourth-order valence-electron chi connectivity index (χ4n) is 12.6. The summed E-state index contributed by atoms with van der Waals surface area (Å²) in [6.07, 6.45) is 5.27. The molecule has 0 aromatic heterocycles. The molecule has 388 valence electrons. The van der Waals surface area contributed by atoms with Crippen LogP contribution in [0.2, 0.25) is 0 Å². The quantitative estimate of drug-likeness (QED) is 0.0282. The molecule has 2 bridgehead atoms. The van der Waals surface area contributed by atoms with E-state index in [1.54, 1.807) is 7.11 Å². The van der Waals surface area contributed by atoms with E-state index >= 15 is 0 Å². The molecule has 0 spiro atoms. The molecule has 76 heavy (non-hydrogen) atoms. The molecular weight excluding hydrogens is 969 g/mol. The molecule has 6 nitrogen and oxygen atoms in total. The average Bonchev–Trinajstić information content (AvgIpc) is 3.84. The molecule has 0 aliphatic carbocycles. The number of nitrogens with one attached hydrogen (secondary N) is 1. The summed E-state index contributed by atoms with van der Waals surface area (Å²) >= 11 is 3.86. The van der Waals surface area contributed by atoms with Gasteiger partial charge in [0.1, 0.15) is 7.11 Å². The molecule has 2 aliphatic heterocycles. The lowest BCUT2D eigenvalue weighted by Gasteiger charge is -2.45. The van der Waals surface area contributed by atoms with Crippen molar-refractivity contribution in [1.82, 2.24) is 15.1 Å². The number of oxime groups is 1. The van der Waals surface area contributed by atoms with Crippen LogP contribution >= 0.6 is 23.5 Å². The van der Waals surface area contributed by atoms with E-state index in [2.05, 4.69) is 246 Å². The highest BCUT2D eigenvalue weighted by Gasteiger charge is 2.49. The van der Waals surface area contributed by atoms with Crippen molar-refractivity contribution in [2.75, 3.05) is 51.3 Å². The highest BCUT2D eigenvalue weighted by molar-refractivity contribution is 8.00. The number of fused-ring (bicyclic) bond motifs is 3. The minimum atomic E-state index is -0.448. The lowest BCUT2D eigenvalue weighted by molar-refractivity contribution is -0.122. The summed E-state index contributed by atoms with van der Waals surface area (Å²) in [5, 5.41) is 10.7. The summed E-state index contributed by atoms with van der Waals surface area (Å²) in [5.74, 6) is 2.27. The number of hydrogen-bond donors (Lipinski definition) is 1. The Hall–Kier alpha value is -6.42. The second-order valence-corrected chi connectivity index (χ2v) is 23.0. The van der Waals surface area contributed by atoms with E-state index in [-0.39, 0.29) is 11.8 Å². The zero-order valence-electron chi connectivity index (χ0n) is 44.1. The maximum atomic E-state index is 14.5. The predicted octanol–water partition coefficient (Wildman–Crippen LogP) is 14.4.